The summed E-state index contributed by atoms with van der Waals surface area (Å²) in [6, 6.07) is 27.7. The number of aromatic nitrogens is 4. The van der Waals surface area contributed by atoms with Crippen LogP contribution in [0.1, 0.15) is 50.7 Å². The van der Waals surface area contributed by atoms with Crippen LogP contribution in [0.15, 0.2) is 123 Å². The van der Waals surface area contributed by atoms with E-state index in [0.717, 1.165) is 91.4 Å². The number of piperazine rings is 2. The predicted octanol–water partition coefficient (Wildman–Crippen LogP) is 9.39. The molecule has 6 heterocycles. The number of aryl methyl sites for hydroxylation is 2. The first-order valence-corrected chi connectivity index (χ1v) is 26.3. The standard InChI is InChI=1S/C29H33N7O3.C15H21N3O2.C14H13ClN4O/c1-5-27(38)31-20-7-6-8-21(13-20)32-28-18(2)15-30-29(34-28)33-25-12-11-22(14-26(25)39-4)35-16-23-9-10-24(17-35)36(23)19(3)37;1-10(19)18-12-3-4-13(18)9-17(8-12)11-5-6-14(16)15(7-11)20-2;1-3-12(20)17-10-5-4-6-11(7-10)18-13-9(2)8-16-14(15)19-13/h5-8,11-15,23-24H,1,9-10,16-17H2,2-4H3,(H,31,38)(H2,30,32,33,34);5-7,12-13H,3-4,8-9,16H2,1-2H3;3-8H,1H2,2H3,(H,17,20)(H,16,18,19). The first-order chi connectivity index (χ1) is 38.0. The van der Waals surface area contributed by atoms with Crippen LogP contribution in [0, 0.1) is 13.8 Å². The molecule has 4 atom stereocenters. The van der Waals surface area contributed by atoms with Crippen molar-refractivity contribution in [1.82, 2.24) is 29.7 Å². The topological polar surface area (TPSA) is 237 Å². The van der Waals surface area contributed by atoms with Gasteiger partial charge >= 0.3 is 0 Å². The maximum atomic E-state index is 12.1. The van der Waals surface area contributed by atoms with E-state index in [2.05, 4.69) is 85.3 Å². The lowest BCUT2D eigenvalue weighted by atomic mass is 10.1. The molecule has 4 aliphatic rings. The number of nitrogens with two attached hydrogens (primary N) is 1. The lowest BCUT2D eigenvalue weighted by Gasteiger charge is -2.41. The van der Waals surface area contributed by atoms with E-state index < -0.39 is 0 Å². The van der Waals surface area contributed by atoms with Gasteiger partial charge < -0.3 is 61.4 Å². The molecule has 0 aliphatic carbocycles. The first kappa shape index (κ1) is 56.3. The van der Waals surface area contributed by atoms with Crippen molar-refractivity contribution in [3.63, 3.8) is 0 Å². The summed E-state index contributed by atoms with van der Waals surface area (Å²) < 4.78 is 11.0. The van der Waals surface area contributed by atoms with Crippen LogP contribution in [-0.2, 0) is 19.2 Å². The Morgan fingerprint density at radius 2 is 1.05 bits per heavy atom. The molecule has 4 amide bonds. The molecular weight excluding hydrogens is 1020 g/mol. The molecule has 4 unspecified atom stereocenters. The van der Waals surface area contributed by atoms with Gasteiger partial charge in [-0.2, -0.15) is 4.98 Å². The van der Waals surface area contributed by atoms with Gasteiger partial charge in [-0.05, 0) is 124 Å². The van der Waals surface area contributed by atoms with Gasteiger partial charge in [-0.3, -0.25) is 19.2 Å². The molecule has 79 heavy (non-hydrogen) atoms. The third kappa shape index (κ3) is 14.0. The SMILES string of the molecule is C=CC(=O)Nc1cccc(Nc2nc(Cl)ncc2C)c1.C=CC(=O)Nc1cccc(Nc2nc(Nc3ccc(N4CC5CCC(C4)N5C(C)=O)cc3OC)ncc2C)c1.COc1cc(N2CC3CCC(C2)N3C(C)=O)ccc1N. The quantitative estimate of drug-likeness (QED) is 0.0338. The number of methoxy groups -OCH3 is 2. The smallest absolute Gasteiger partial charge is 0.247 e. The van der Waals surface area contributed by atoms with Crippen LogP contribution in [0.4, 0.5) is 63.1 Å². The number of nitrogens with one attached hydrogen (secondary N) is 5. The minimum atomic E-state index is -0.275. The number of anilines is 11. The normalized spacial score (nSPS) is 17.7. The van der Waals surface area contributed by atoms with Crippen molar-refractivity contribution >= 4 is 98.3 Å². The third-order valence-corrected chi connectivity index (χ3v) is 14.3. The van der Waals surface area contributed by atoms with E-state index in [0.29, 0.717) is 58.2 Å². The van der Waals surface area contributed by atoms with Gasteiger partial charge in [0.15, 0.2) is 0 Å². The Morgan fingerprint density at radius 1 is 0.608 bits per heavy atom. The van der Waals surface area contributed by atoms with Crippen LogP contribution in [0.2, 0.25) is 5.28 Å². The number of ether oxygens (including phenoxy) is 2. The average molecular weight is 1090 g/mol. The highest BCUT2D eigenvalue weighted by Crippen LogP contribution is 2.38. The highest BCUT2D eigenvalue weighted by molar-refractivity contribution is 6.28. The van der Waals surface area contributed by atoms with Crippen LogP contribution < -0.4 is 51.6 Å². The summed E-state index contributed by atoms with van der Waals surface area (Å²) >= 11 is 5.77. The number of benzene rings is 4. The molecule has 4 saturated heterocycles. The molecule has 0 saturated carbocycles. The summed E-state index contributed by atoms with van der Waals surface area (Å²) in [4.78, 5) is 72.6. The van der Waals surface area contributed by atoms with E-state index in [4.69, 9.17) is 26.8 Å². The summed E-state index contributed by atoms with van der Waals surface area (Å²) in [6.07, 6.45) is 10.1. The van der Waals surface area contributed by atoms with Crippen molar-refractivity contribution in [3.05, 3.63) is 139 Å². The number of hydrogen-bond acceptors (Lipinski definition) is 16. The lowest BCUT2D eigenvalue weighted by molar-refractivity contribution is -0.133. The fourth-order valence-corrected chi connectivity index (χ4v) is 10.6. The summed E-state index contributed by atoms with van der Waals surface area (Å²) in [7, 11) is 3.27. The Hall–Kier alpha value is -8.91. The molecule has 6 aromatic rings. The maximum Gasteiger partial charge on any atom is 0.247 e. The fraction of sp³-hybridized carbons (Fsp3) is 0.310. The zero-order valence-electron chi connectivity index (χ0n) is 45.3. The number of hydrogen-bond donors (Lipinski definition) is 6. The van der Waals surface area contributed by atoms with Crippen molar-refractivity contribution in [3.8, 4) is 11.5 Å². The van der Waals surface area contributed by atoms with Crippen LogP contribution in [0.25, 0.3) is 0 Å². The van der Waals surface area contributed by atoms with E-state index in [-0.39, 0.29) is 41.0 Å². The number of carbonyl (C=O) groups excluding carboxylic acids is 4. The Morgan fingerprint density at radius 3 is 1.52 bits per heavy atom. The molecule has 20 nitrogen and oxygen atoms in total. The van der Waals surface area contributed by atoms with Gasteiger partial charge in [0.05, 0.1) is 25.6 Å². The second-order valence-electron chi connectivity index (χ2n) is 19.6. The number of halogens is 1. The Bertz CT molecular complexity index is 3210. The fourth-order valence-electron chi connectivity index (χ4n) is 10.4. The van der Waals surface area contributed by atoms with Crippen LogP contribution in [0.3, 0.4) is 0 Å². The van der Waals surface area contributed by atoms with Gasteiger partial charge in [-0.25, -0.2) is 15.0 Å². The second kappa shape index (κ2) is 25.5. The number of nitrogens with zero attached hydrogens (tertiary/aromatic N) is 8. The molecule has 0 radical (unpaired) electrons. The predicted molar refractivity (Wildman–Crippen MR) is 312 cm³/mol. The zero-order valence-corrected chi connectivity index (χ0v) is 46.0. The van der Waals surface area contributed by atoms with Gasteiger partial charge in [0.25, 0.3) is 0 Å². The molecule has 4 bridgehead atoms. The van der Waals surface area contributed by atoms with Crippen molar-refractivity contribution in [1.29, 1.82) is 0 Å². The van der Waals surface area contributed by atoms with E-state index in [9.17, 15) is 19.2 Å². The van der Waals surface area contributed by atoms with Crippen molar-refractivity contribution < 1.29 is 28.7 Å². The van der Waals surface area contributed by atoms with Gasteiger partial charge in [-0.1, -0.05) is 25.3 Å². The minimum absolute atomic E-state index is 0.165. The van der Waals surface area contributed by atoms with Crippen LogP contribution >= 0.6 is 11.6 Å². The highest BCUT2D eigenvalue weighted by Gasteiger charge is 2.42. The maximum absolute atomic E-state index is 12.1. The first-order valence-electron chi connectivity index (χ1n) is 25.9. The molecule has 10 rings (SSSR count). The lowest BCUT2D eigenvalue weighted by Crippen LogP contribution is -2.55. The van der Waals surface area contributed by atoms with E-state index in [1.54, 1.807) is 58.7 Å². The second-order valence-corrected chi connectivity index (χ2v) is 19.9. The molecule has 4 fully saturated rings. The van der Waals surface area contributed by atoms with Gasteiger partial charge in [0.2, 0.25) is 34.9 Å². The monoisotopic (exact) mass is 1090 g/mol. The number of rotatable bonds is 14. The number of nitrogen functional groups attached to an aromatic ring is 1. The van der Waals surface area contributed by atoms with E-state index in [1.165, 1.54) is 12.2 Å². The number of amides is 4. The van der Waals surface area contributed by atoms with Crippen molar-refractivity contribution in [2.45, 2.75) is 77.5 Å². The van der Waals surface area contributed by atoms with Crippen molar-refractivity contribution in [2.75, 3.05) is 82.5 Å². The molecule has 7 N–H and O–H groups in total. The van der Waals surface area contributed by atoms with Crippen molar-refractivity contribution in [2.24, 2.45) is 0 Å². The van der Waals surface area contributed by atoms with Crippen LogP contribution in [-0.4, -0.2) is 118 Å². The Kier molecular flexibility index (Phi) is 18.2. The van der Waals surface area contributed by atoms with Gasteiger partial charge in [0, 0.05) is 134 Å². The largest absolute Gasteiger partial charge is 0.495 e. The van der Waals surface area contributed by atoms with Gasteiger partial charge in [-0.15, -0.1) is 0 Å². The van der Waals surface area contributed by atoms with E-state index in [1.807, 2.05) is 74.5 Å². The highest BCUT2D eigenvalue weighted by atomic mass is 35.5. The third-order valence-electron chi connectivity index (χ3n) is 14.1. The molecule has 21 heteroatoms. The molecule has 2 aromatic heterocycles. The molecule has 0 spiro atoms. The minimum Gasteiger partial charge on any atom is -0.495 e. The molecule has 412 valence electrons. The average Bonchev–Trinajstić information content (AvgIpc) is 4.10. The Labute approximate surface area is 465 Å². The molecule has 4 aromatic carbocycles. The van der Waals surface area contributed by atoms with Crippen LogP contribution in [0.5, 0.6) is 11.5 Å². The molecular formula is C58H67ClN14O6. The Balaban J connectivity index is 0.000000172. The zero-order chi connectivity index (χ0) is 56.3. The van der Waals surface area contributed by atoms with Gasteiger partial charge in [0.1, 0.15) is 23.1 Å². The summed E-state index contributed by atoms with van der Waals surface area (Å²) in [5.41, 5.74) is 14.0. The van der Waals surface area contributed by atoms with E-state index >= 15 is 0 Å². The molecule has 4 aliphatic heterocycles. The summed E-state index contributed by atoms with van der Waals surface area (Å²) in [5.74, 6) is 2.89. The summed E-state index contributed by atoms with van der Waals surface area (Å²) in [6.45, 7) is 17.5. The number of carbonyl (C=O) groups is 4. The summed E-state index contributed by atoms with van der Waals surface area (Å²) in [5, 5.41) is 15.3. The number of fused-ring (bicyclic) bond motifs is 4.